The van der Waals surface area contributed by atoms with Gasteiger partial charge >= 0.3 is 0 Å². The zero-order valence-electron chi connectivity index (χ0n) is 10.7. The molecule has 1 aromatic heterocycles. The SMILES string of the molecule is CN(Cc1csc(Br)c1)c1cc(N)cc(S(N)(=O)=O)c1. The lowest BCUT2D eigenvalue weighted by atomic mass is 10.2. The highest BCUT2D eigenvalue weighted by molar-refractivity contribution is 9.11. The molecule has 1 heterocycles. The second-order valence-corrected chi connectivity index (χ2v) is 8.27. The highest BCUT2D eigenvalue weighted by Crippen LogP contribution is 2.26. The van der Waals surface area contributed by atoms with Gasteiger partial charge in [-0.3, -0.25) is 0 Å². The molecule has 0 amide bonds. The molecule has 8 heteroatoms. The number of benzene rings is 1. The molecule has 4 N–H and O–H groups in total. The molecule has 2 rings (SSSR count). The molecule has 0 radical (unpaired) electrons. The average molecular weight is 376 g/mol. The van der Waals surface area contributed by atoms with E-state index < -0.39 is 10.0 Å². The molecule has 0 aliphatic carbocycles. The van der Waals surface area contributed by atoms with Crippen molar-refractivity contribution in [2.75, 3.05) is 17.7 Å². The number of sulfonamides is 1. The van der Waals surface area contributed by atoms with Crippen molar-refractivity contribution < 1.29 is 8.42 Å². The summed E-state index contributed by atoms with van der Waals surface area (Å²) in [6.07, 6.45) is 0. The van der Waals surface area contributed by atoms with E-state index in [1.165, 1.54) is 12.1 Å². The van der Waals surface area contributed by atoms with Crippen molar-refractivity contribution in [3.05, 3.63) is 39.0 Å². The number of anilines is 2. The number of thiophene rings is 1. The molecule has 0 aliphatic heterocycles. The number of nitrogen functional groups attached to an aromatic ring is 1. The molecule has 1 aromatic carbocycles. The maximum absolute atomic E-state index is 11.4. The first kappa shape index (κ1) is 15.3. The van der Waals surface area contributed by atoms with Gasteiger partial charge in [0.15, 0.2) is 0 Å². The third-order valence-corrected chi connectivity index (χ3v) is 5.17. The first-order valence-electron chi connectivity index (χ1n) is 5.63. The minimum absolute atomic E-state index is 0.0193. The maximum atomic E-state index is 11.4. The highest BCUT2D eigenvalue weighted by Gasteiger charge is 2.12. The van der Waals surface area contributed by atoms with E-state index in [1.807, 2.05) is 23.4 Å². The molecule has 0 saturated heterocycles. The largest absolute Gasteiger partial charge is 0.399 e. The Hall–Kier alpha value is -1.09. The van der Waals surface area contributed by atoms with E-state index in [1.54, 1.807) is 17.4 Å². The van der Waals surface area contributed by atoms with Crippen LogP contribution < -0.4 is 15.8 Å². The number of nitrogens with zero attached hydrogens (tertiary/aromatic N) is 1. The molecule has 0 spiro atoms. The Morgan fingerprint density at radius 3 is 2.55 bits per heavy atom. The second-order valence-electron chi connectivity index (χ2n) is 4.42. The van der Waals surface area contributed by atoms with Gasteiger partial charge in [-0.1, -0.05) is 0 Å². The summed E-state index contributed by atoms with van der Waals surface area (Å²) in [4.78, 5) is 1.94. The lowest BCUT2D eigenvalue weighted by Gasteiger charge is -2.20. The van der Waals surface area contributed by atoms with Crippen LogP contribution >= 0.6 is 27.3 Å². The van der Waals surface area contributed by atoms with Crippen LogP contribution in [-0.2, 0) is 16.6 Å². The van der Waals surface area contributed by atoms with Crippen molar-refractivity contribution in [3.8, 4) is 0 Å². The van der Waals surface area contributed by atoms with Gasteiger partial charge in [0.25, 0.3) is 0 Å². The number of hydrogen-bond acceptors (Lipinski definition) is 5. The van der Waals surface area contributed by atoms with Gasteiger partial charge in [0.05, 0.1) is 8.68 Å². The summed E-state index contributed by atoms with van der Waals surface area (Å²) in [7, 11) is -1.89. The smallest absolute Gasteiger partial charge is 0.238 e. The van der Waals surface area contributed by atoms with Crippen LogP contribution in [0.15, 0.2) is 38.3 Å². The van der Waals surface area contributed by atoms with E-state index in [9.17, 15) is 8.42 Å². The van der Waals surface area contributed by atoms with Crippen LogP contribution in [0.5, 0.6) is 0 Å². The zero-order valence-corrected chi connectivity index (χ0v) is 13.9. The fourth-order valence-electron chi connectivity index (χ4n) is 1.78. The van der Waals surface area contributed by atoms with Gasteiger partial charge in [0.2, 0.25) is 10.0 Å². The third kappa shape index (κ3) is 3.72. The zero-order chi connectivity index (χ0) is 14.9. The lowest BCUT2D eigenvalue weighted by Crippen LogP contribution is -2.18. The predicted molar refractivity (Wildman–Crippen MR) is 86.4 cm³/mol. The fourth-order valence-corrected chi connectivity index (χ4v) is 3.57. The summed E-state index contributed by atoms with van der Waals surface area (Å²) in [5.41, 5.74) is 7.94. The highest BCUT2D eigenvalue weighted by atomic mass is 79.9. The van der Waals surface area contributed by atoms with Crippen LogP contribution in [0.1, 0.15) is 5.56 Å². The Balaban J connectivity index is 2.30. The number of halogens is 1. The summed E-state index contributed by atoms with van der Waals surface area (Å²) >= 11 is 5.01. The molecule has 0 fully saturated rings. The van der Waals surface area contributed by atoms with Crippen LogP contribution in [0.3, 0.4) is 0 Å². The topological polar surface area (TPSA) is 89.4 Å². The van der Waals surface area contributed by atoms with Crippen LogP contribution in [0.25, 0.3) is 0 Å². The van der Waals surface area contributed by atoms with Gasteiger partial charge in [-0.05, 0) is 51.1 Å². The van der Waals surface area contributed by atoms with Crippen molar-refractivity contribution >= 4 is 48.7 Å². The molecular weight excluding hydrogens is 362 g/mol. The van der Waals surface area contributed by atoms with E-state index in [0.29, 0.717) is 17.9 Å². The van der Waals surface area contributed by atoms with E-state index >= 15 is 0 Å². The van der Waals surface area contributed by atoms with Gasteiger partial charge < -0.3 is 10.6 Å². The Morgan fingerprint density at radius 1 is 1.30 bits per heavy atom. The molecule has 0 saturated carbocycles. The summed E-state index contributed by atoms with van der Waals surface area (Å²) < 4.78 is 23.9. The first-order valence-corrected chi connectivity index (χ1v) is 8.85. The van der Waals surface area contributed by atoms with Gasteiger partial charge in [-0.15, -0.1) is 11.3 Å². The van der Waals surface area contributed by atoms with Crippen molar-refractivity contribution in [2.45, 2.75) is 11.4 Å². The fraction of sp³-hybridized carbons (Fsp3) is 0.167. The minimum Gasteiger partial charge on any atom is -0.399 e. The van der Waals surface area contributed by atoms with Crippen molar-refractivity contribution in [3.63, 3.8) is 0 Å². The molecule has 0 unspecified atom stereocenters. The molecule has 0 atom stereocenters. The average Bonchev–Trinajstić information content (AvgIpc) is 2.72. The monoisotopic (exact) mass is 375 g/mol. The van der Waals surface area contributed by atoms with E-state index in [4.69, 9.17) is 10.9 Å². The van der Waals surface area contributed by atoms with E-state index in [-0.39, 0.29) is 4.90 Å². The molecular formula is C12H14BrN3O2S2. The van der Waals surface area contributed by atoms with Gasteiger partial charge in [-0.2, -0.15) is 0 Å². The predicted octanol–water partition coefficient (Wildman–Crippen LogP) is 2.38. The molecule has 0 bridgehead atoms. The van der Waals surface area contributed by atoms with Crippen LogP contribution in [-0.4, -0.2) is 15.5 Å². The summed E-state index contributed by atoms with van der Waals surface area (Å²) in [5, 5.41) is 7.18. The van der Waals surface area contributed by atoms with Crippen molar-refractivity contribution in [1.29, 1.82) is 0 Å². The molecule has 0 aliphatic rings. The first-order chi connectivity index (χ1) is 9.25. The van der Waals surface area contributed by atoms with E-state index in [0.717, 1.165) is 9.35 Å². The quantitative estimate of drug-likeness (QED) is 0.802. The Morgan fingerprint density at radius 2 is 2.00 bits per heavy atom. The van der Waals surface area contributed by atoms with Crippen molar-refractivity contribution in [2.24, 2.45) is 5.14 Å². The van der Waals surface area contributed by atoms with Gasteiger partial charge in [0, 0.05) is 25.0 Å². The van der Waals surface area contributed by atoms with Crippen LogP contribution in [0.4, 0.5) is 11.4 Å². The standard InChI is InChI=1S/C12H14BrN3O2S2/c1-16(6-8-2-12(13)19-7-8)10-3-9(14)4-11(5-10)20(15,17)18/h2-5,7H,6,14H2,1H3,(H2,15,17,18). The molecule has 5 nitrogen and oxygen atoms in total. The lowest BCUT2D eigenvalue weighted by molar-refractivity contribution is 0.598. The van der Waals surface area contributed by atoms with E-state index in [2.05, 4.69) is 15.9 Å². The normalized spacial score (nSPS) is 11.6. The molecule has 2 aromatic rings. The second kappa shape index (κ2) is 5.72. The summed E-state index contributed by atoms with van der Waals surface area (Å²) in [6.45, 7) is 0.648. The van der Waals surface area contributed by atoms with Gasteiger partial charge in [0.1, 0.15) is 0 Å². The minimum atomic E-state index is -3.76. The maximum Gasteiger partial charge on any atom is 0.238 e. The van der Waals surface area contributed by atoms with Crippen LogP contribution in [0, 0.1) is 0 Å². The third-order valence-electron chi connectivity index (χ3n) is 2.72. The Labute approximate surface area is 130 Å². The Kier molecular flexibility index (Phi) is 4.38. The molecule has 20 heavy (non-hydrogen) atoms. The number of primary sulfonamides is 1. The summed E-state index contributed by atoms with van der Waals surface area (Å²) in [6, 6.07) is 6.62. The summed E-state index contributed by atoms with van der Waals surface area (Å²) in [5.74, 6) is 0. The number of rotatable bonds is 4. The number of hydrogen-bond donors (Lipinski definition) is 2. The molecule has 108 valence electrons. The van der Waals surface area contributed by atoms with Crippen LogP contribution in [0.2, 0.25) is 0 Å². The van der Waals surface area contributed by atoms with Gasteiger partial charge in [-0.25, -0.2) is 13.6 Å². The Bertz CT molecular complexity index is 728. The van der Waals surface area contributed by atoms with Crippen molar-refractivity contribution in [1.82, 2.24) is 0 Å². The number of nitrogens with two attached hydrogens (primary N) is 2.